The molecule has 1 rings (SSSR count). The molecule has 0 heterocycles. The Morgan fingerprint density at radius 3 is 2.71 bits per heavy atom. The fourth-order valence-electron chi connectivity index (χ4n) is 1.08. The largest absolute Gasteiger partial charge is 0.504 e. The monoisotopic (exact) mass is 258 g/mol. The summed E-state index contributed by atoms with van der Waals surface area (Å²) in [6, 6.07) is 3.03. The molecule has 1 aromatic carbocycles. The van der Waals surface area contributed by atoms with Crippen LogP contribution in [0.5, 0.6) is 11.5 Å². The number of halogens is 1. The number of aliphatic hydroxyl groups excluding tert-OH is 1. The molecule has 0 spiro atoms. The number of hydrogen-bond acceptors (Lipinski definition) is 3. The van der Waals surface area contributed by atoms with E-state index in [1.54, 1.807) is 6.07 Å². The SMILES string of the molecule is C=CC(O)c1cc(OC)c(O)cc1Br. The van der Waals surface area contributed by atoms with Crippen LogP contribution in [0.4, 0.5) is 0 Å². The highest BCUT2D eigenvalue weighted by atomic mass is 79.9. The number of ether oxygens (including phenoxy) is 1. The van der Waals surface area contributed by atoms with Gasteiger partial charge in [0.1, 0.15) is 0 Å². The summed E-state index contributed by atoms with van der Waals surface area (Å²) in [5.74, 6) is 0.350. The van der Waals surface area contributed by atoms with Crippen molar-refractivity contribution >= 4 is 15.9 Å². The lowest BCUT2D eigenvalue weighted by Gasteiger charge is -2.11. The van der Waals surface area contributed by atoms with Crippen molar-refractivity contribution in [1.29, 1.82) is 0 Å². The summed E-state index contributed by atoms with van der Waals surface area (Å²) in [5.41, 5.74) is 0.606. The number of phenols is 1. The van der Waals surface area contributed by atoms with Crippen LogP contribution < -0.4 is 4.74 Å². The molecule has 0 aliphatic carbocycles. The molecule has 0 radical (unpaired) electrons. The summed E-state index contributed by atoms with van der Waals surface area (Å²) in [6.07, 6.45) is 0.621. The third-order valence-electron chi connectivity index (χ3n) is 1.84. The Hall–Kier alpha value is -1.00. The minimum atomic E-state index is -0.779. The van der Waals surface area contributed by atoms with Gasteiger partial charge < -0.3 is 14.9 Å². The minimum Gasteiger partial charge on any atom is -0.504 e. The van der Waals surface area contributed by atoms with Crippen molar-refractivity contribution in [2.24, 2.45) is 0 Å². The summed E-state index contributed by atoms with van der Waals surface area (Å²) >= 11 is 3.23. The number of hydrogen-bond donors (Lipinski definition) is 2. The van der Waals surface area contributed by atoms with E-state index in [1.165, 1.54) is 19.3 Å². The second-order valence-electron chi connectivity index (χ2n) is 2.73. The van der Waals surface area contributed by atoms with Gasteiger partial charge in [0.25, 0.3) is 0 Å². The van der Waals surface area contributed by atoms with Crippen LogP contribution >= 0.6 is 15.9 Å². The van der Waals surface area contributed by atoms with E-state index in [0.717, 1.165) is 0 Å². The quantitative estimate of drug-likeness (QED) is 0.819. The van der Waals surface area contributed by atoms with E-state index in [9.17, 15) is 10.2 Å². The number of aromatic hydroxyl groups is 1. The number of phenolic OH excluding ortho intramolecular Hbond substituents is 1. The maximum absolute atomic E-state index is 9.54. The van der Waals surface area contributed by atoms with Gasteiger partial charge in [0, 0.05) is 10.0 Å². The van der Waals surface area contributed by atoms with Crippen molar-refractivity contribution in [3.05, 3.63) is 34.8 Å². The first kappa shape index (κ1) is 11.1. The van der Waals surface area contributed by atoms with Crippen molar-refractivity contribution in [2.45, 2.75) is 6.10 Å². The minimum absolute atomic E-state index is 0.0272. The maximum atomic E-state index is 9.54. The summed E-state index contributed by atoms with van der Waals surface area (Å²) < 4.78 is 5.53. The van der Waals surface area contributed by atoms with Crippen molar-refractivity contribution in [3.63, 3.8) is 0 Å². The van der Waals surface area contributed by atoms with Crippen LogP contribution in [0, 0.1) is 0 Å². The van der Waals surface area contributed by atoms with Crippen molar-refractivity contribution in [2.75, 3.05) is 7.11 Å². The third-order valence-corrected chi connectivity index (χ3v) is 2.53. The van der Waals surface area contributed by atoms with Gasteiger partial charge in [-0.3, -0.25) is 0 Å². The number of rotatable bonds is 3. The first-order valence-corrected chi connectivity index (χ1v) is 4.76. The Balaban J connectivity index is 3.23. The highest BCUT2D eigenvalue weighted by molar-refractivity contribution is 9.10. The van der Waals surface area contributed by atoms with E-state index < -0.39 is 6.10 Å². The molecule has 14 heavy (non-hydrogen) atoms. The molecular weight excluding hydrogens is 248 g/mol. The predicted molar refractivity (Wildman–Crippen MR) is 57.5 cm³/mol. The highest BCUT2D eigenvalue weighted by Gasteiger charge is 2.12. The molecule has 2 N–H and O–H groups in total. The summed E-state index contributed by atoms with van der Waals surface area (Å²) in [6.45, 7) is 3.48. The fourth-order valence-corrected chi connectivity index (χ4v) is 1.64. The summed E-state index contributed by atoms with van der Waals surface area (Å²) in [5, 5.41) is 18.9. The van der Waals surface area contributed by atoms with Gasteiger partial charge in [-0.15, -0.1) is 6.58 Å². The van der Waals surface area contributed by atoms with Crippen LogP contribution in [0.25, 0.3) is 0 Å². The highest BCUT2D eigenvalue weighted by Crippen LogP contribution is 2.35. The molecule has 1 unspecified atom stereocenters. The smallest absolute Gasteiger partial charge is 0.160 e. The van der Waals surface area contributed by atoms with Gasteiger partial charge in [-0.1, -0.05) is 22.0 Å². The molecule has 0 bridgehead atoms. The van der Waals surface area contributed by atoms with Crippen LogP contribution in [0.1, 0.15) is 11.7 Å². The molecule has 0 fully saturated rings. The molecular formula is C10H11BrO3. The number of benzene rings is 1. The second kappa shape index (κ2) is 4.48. The van der Waals surface area contributed by atoms with E-state index in [4.69, 9.17) is 4.74 Å². The van der Waals surface area contributed by atoms with E-state index in [2.05, 4.69) is 22.5 Å². The van der Waals surface area contributed by atoms with Crippen LogP contribution in [-0.2, 0) is 0 Å². The first-order chi connectivity index (χ1) is 6.60. The van der Waals surface area contributed by atoms with Gasteiger partial charge >= 0.3 is 0 Å². The molecule has 1 aromatic rings. The number of aliphatic hydroxyl groups is 1. The predicted octanol–water partition coefficient (Wildman–Crippen LogP) is 2.38. The lowest BCUT2D eigenvalue weighted by atomic mass is 10.1. The average molecular weight is 259 g/mol. The van der Waals surface area contributed by atoms with Crippen LogP contribution in [0.3, 0.4) is 0 Å². The van der Waals surface area contributed by atoms with Crippen LogP contribution in [0.15, 0.2) is 29.3 Å². The second-order valence-corrected chi connectivity index (χ2v) is 3.58. The Kier molecular flexibility index (Phi) is 3.55. The van der Waals surface area contributed by atoms with E-state index in [-0.39, 0.29) is 5.75 Å². The van der Waals surface area contributed by atoms with Gasteiger partial charge in [-0.25, -0.2) is 0 Å². The average Bonchev–Trinajstić information content (AvgIpc) is 2.17. The van der Waals surface area contributed by atoms with Crippen LogP contribution in [-0.4, -0.2) is 17.3 Å². The third kappa shape index (κ3) is 2.08. The van der Waals surface area contributed by atoms with E-state index >= 15 is 0 Å². The molecule has 1 atom stereocenters. The summed E-state index contributed by atoms with van der Waals surface area (Å²) in [7, 11) is 1.45. The molecule has 0 saturated carbocycles. The van der Waals surface area contributed by atoms with Crippen molar-refractivity contribution in [3.8, 4) is 11.5 Å². The fraction of sp³-hybridized carbons (Fsp3) is 0.200. The van der Waals surface area contributed by atoms with E-state index in [0.29, 0.717) is 15.8 Å². The molecule has 0 amide bonds. The van der Waals surface area contributed by atoms with Crippen LogP contribution in [0.2, 0.25) is 0 Å². The molecule has 0 aliphatic rings. The lowest BCUT2D eigenvalue weighted by Crippen LogP contribution is -1.95. The van der Waals surface area contributed by atoms with E-state index in [1.807, 2.05) is 0 Å². The zero-order valence-electron chi connectivity index (χ0n) is 7.70. The molecule has 4 heteroatoms. The number of methoxy groups -OCH3 is 1. The zero-order valence-corrected chi connectivity index (χ0v) is 9.28. The maximum Gasteiger partial charge on any atom is 0.160 e. The summed E-state index contributed by atoms with van der Waals surface area (Å²) in [4.78, 5) is 0. The van der Waals surface area contributed by atoms with Gasteiger partial charge in [-0.05, 0) is 12.1 Å². The van der Waals surface area contributed by atoms with Gasteiger partial charge in [0.2, 0.25) is 0 Å². The molecule has 0 saturated heterocycles. The Labute approximate surface area is 90.8 Å². The molecule has 0 aromatic heterocycles. The van der Waals surface area contributed by atoms with Crippen molar-refractivity contribution in [1.82, 2.24) is 0 Å². The van der Waals surface area contributed by atoms with Gasteiger partial charge in [-0.2, -0.15) is 0 Å². The topological polar surface area (TPSA) is 49.7 Å². The Morgan fingerprint density at radius 1 is 1.57 bits per heavy atom. The Bertz CT molecular complexity index is 349. The molecule has 76 valence electrons. The van der Waals surface area contributed by atoms with Gasteiger partial charge in [0.15, 0.2) is 11.5 Å². The molecule has 0 aliphatic heterocycles. The molecule has 3 nitrogen and oxygen atoms in total. The van der Waals surface area contributed by atoms with Crippen molar-refractivity contribution < 1.29 is 14.9 Å². The zero-order chi connectivity index (χ0) is 10.7. The Morgan fingerprint density at radius 2 is 2.21 bits per heavy atom. The van der Waals surface area contributed by atoms with Gasteiger partial charge in [0.05, 0.1) is 13.2 Å². The normalized spacial score (nSPS) is 12.2. The first-order valence-electron chi connectivity index (χ1n) is 3.97. The standard InChI is InChI=1S/C10H11BrO3/c1-3-8(12)6-4-10(14-2)9(13)5-7(6)11/h3-5,8,12-13H,1H2,2H3. The lowest BCUT2D eigenvalue weighted by molar-refractivity contribution is 0.227.